The summed E-state index contributed by atoms with van der Waals surface area (Å²) in [7, 11) is 0. The first-order valence-corrected chi connectivity index (χ1v) is 8.61. The van der Waals surface area contributed by atoms with Gasteiger partial charge in [-0.1, -0.05) is 26.8 Å². The van der Waals surface area contributed by atoms with Crippen molar-refractivity contribution in [1.82, 2.24) is 4.98 Å². The standard InChI is InChI=1S/C20H23F2NO2/c1-12(2)6-13(3)10-24-15-4-5-16-14(7-15)11-25-19-9-23-18(20(21)22)8-17(16)19/h4-5,7-9,12-13,20H,6,10-11H2,1-3H3/t13-/m1/s1. The third-order valence-corrected chi connectivity index (χ3v) is 4.27. The van der Waals surface area contributed by atoms with Gasteiger partial charge in [-0.2, -0.15) is 0 Å². The Morgan fingerprint density at radius 1 is 1.16 bits per heavy atom. The molecular formula is C20H23F2NO2. The van der Waals surface area contributed by atoms with E-state index in [2.05, 4.69) is 25.8 Å². The van der Waals surface area contributed by atoms with E-state index in [1.54, 1.807) is 0 Å². The van der Waals surface area contributed by atoms with Crippen LogP contribution in [0.5, 0.6) is 11.5 Å². The van der Waals surface area contributed by atoms with Crippen molar-refractivity contribution in [3.8, 4) is 22.6 Å². The van der Waals surface area contributed by atoms with Crippen LogP contribution in [0.3, 0.4) is 0 Å². The highest BCUT2D eigenvalue weighted by Crippen LogP contribution is 2.39. The van der Waals surface area contributed by atoms with Crippen LogP contribution in [0, 0.1) is 11.8 Å². The van der Waals surface area contributed by atoms with Crippen LogP contribution in [0.4, 0.5) is 8.78 Å². The van der Waals surface area contributed by atoms with Gasteiger partial charge in [-0.25, -0.2) is 8.78 Å². The van der Waals surface area contributed by atoms with E-state index in [1.165, 1.54) is 12.3 Å². The number of benzene rings is 1. The van der Waals surface area contributed by atoms with Gasteiger partial charge in [0.2, 0.25) is 0 Å². The minimum Gasteiger partial charge on any atom is -0.493 e. The van der Waals surface area contributed by atoms with E-state index in [0.29, 0.717) is 36.4 Å². The number of hydrogen-bond acceptors (Lipinski definition) is 3. The highest BCUT2D eigenvalue weighted by molar-refractivity contribution is 5.75. The summed E-state index contributed by atoms with van der Waals surface area (Å²) in [6.07, 6.45) is -0.108. The minimum atomic E-state index is -2.60. The number of fused-ring (bicyclic) bond motifs is 3. The molecule has 0 unspecified atom stereocenters. The number of alkyl halides is 2. The molecule has 1 aliphatic heterocycles. The van der Waals surface area contributed by atoms with E-state index >= 15 is 0 Å². The zero-order chi connectivity index (χ0) is 18.0. The SMILES string of the molecule is CC(C)C[C@@H](C)COc1ccc2c(c1)COc1cnc(C(F)F)cc1-2. The van der Waals surface area contributed by atoms with E-state index in [-0.39, 0.29) is 5.69 Å². The number of aromatic nitrogens is 1. The lowest BCUT2D eigenvalue weighted by molar-refractivity contribution is 0.146. The van der Waals surface area contributed by atoms with Crippen molar-refractivity contribution in [1.29, 1.82) is 0 Å². The average Bonchev–Trinajstić information content (AvgIpc) is 2.58. The van der Waals surface area contributed by atoms with Gasteiger partial charge in [0, 0.05) is 11.1 Å². The van der Waals surface area contributed by atoms with Gasteiger partial charge in [0.05, 0.1) is 12.8 Å². The summed E-state index contributed by atoms with van der Waals surface area (Å²) in [6, 6.07) is 7.14. The Labute approximate surface area is 147 Å². The number of nitrogens with zero attached hydrogens (tertiary/aromatic N) is 1. The Kier molecular flexibility index (Phi) is 5.21. The van der Waals surface area contributed by atoms with Crippen LogP contribution in [0.25, 0.3) is 11.1 Å². The van der Waals surface area contributed by atoms with Gasteiger partial charge in [0.25, 0.3) is 6.43 Å². The molecule has 0 fully saturated rings. The average molecular weight is 347 g/mol. The monoisotopic (exact) mass is 347 g/mol. The lowest BCUT2D eigenvalue weighted by Crippen LogP contribution is -2.12. The highest BCUT2D eigenvalue weighted by atomic mass is 19.3. The van der Waals surface area contributed by atoms with Crippen molar-refractivity contribution in [2.75, 3.05) is 6.61 Å². The van der Waals surface area contributed by atoms with Crippen molar-refractivity contribution in [3.05, 3.63) is 41.7 Å². The number of ether oxygens (including phenoxy) is 2. The number of rotatable bonds is 6. The van der Waals surface area contributed by atoms with Crippen molar-refractivity contribution in [3.63, 3.8) is 0 Å². The van der Waals surface area contributed by atoms with Gasteiger partial charge >= 0.3 is 0 Å². The van der Waals surface area contributed by atoms with Crippen molar-refractivity contribution in [2.45, 2.75) is 40.2 Å². The Balaban J connectivity index is 1.79. The van der Waals surface area contributed by atoms with Crippen molar-refractivity contribution >= 4 is 0 Å². The van der Waals surface area contributed by atoms with Gasteiger partial charge in [-0.3, -0.25) is 4.98 Å². The van der Waals surface area contributed by atoms with Crippen LogP contribution < -0.4 is 9.47 Å². The predicted octanol–water partition coefficient (Wildman–Crippen LogP) is 5.64. The Morgan fingerprint density at radius 3 is 2.68 bits per heavy atom. The first kappa shape index (κ1) is 17.6. The van der Waals surface area contributed by atoms with Gasteiger partial charge < -0.3 is 9.47 Å². The first-order valence-electron chi connectivity index (χ1n) is 8.61. The van der Waals surface area contributed by atoms with E-state index < -0.39 is 6.43 Å². The fourth-order valence-corrected chi connectivity index (χ4v) is 3.21. The van der Waals surface area contributed by atoms with Gasteiger partial charge in [0.1, 0.15) is 23.8 Å². The van der Waals surface area contributed by atoms with E-state index in [9.17, 15) is 8.78 Å². The lowest BCUT2D eigenvalue weighted by Gasteiger charge is -2.22. The van der Waals surface area contributed by atoms with E-state index in [4.69, 9.17) is 9.47 Å². The summed E-state index contributed by atoms with van der Waals surface area (Å²) in [4.78, 5) is 3.75. The minimum absolute atomic E-state index is 0.238. The Morgan fingerprint density at radius 2 is 1.96 bits per heavy atom. The molecule has 25 heavy (non-hydrogen) atoms. The summed E-state index contributed by atoms with van der Waals surface area (Å²) in [5, 5.41) is 0. The molecule has 0 N–H and O–H groups in total. The van der Waals surface area contributed by atoms with Crippen molar-refractivity contribution in [2.24, 2.45) is 11.8 Å². The third-order valence-electron chi connectivity index (χ3n) is 4.27. The number of hydrogen-bond donors (Lipinski definition) is 0. The zero-order valence-corrected chi connectivity index (χ0v) is 14.8. The zero-order valence-electron chi connectivity index (χ0n) is 14.8. The largest absolute Gasteiger partial charge is 0.493 e. The molecule has 0 aliphatic carbocycles. The topological polar surface area (TPSA) is 31.4 Å². The maximum absolute atomic E-state index is 12.9. The number of halogens is 2. The second-order valence-corrected chi connectivity index (χ2v) is 7.06. The van der Waals surface area contributed by atoms with Crippen LogP contribution >= 0.6 is 0 Å². The van der Waals surface area contributed by atoms with Crippen LogP contribution in [-0.2, 0) is 6.61 Å². The van der Waals surface area contributed by atoms with Crippen LogP contribution in [-0.4, -0.2) is 11.6 Å². The molecule has 1 aromatic carbocycles. The molecule has 1 aliphatic rings. The summed E-state index contributed by atoms with van der Waals surface area (Å²) in [5.41, 5.74) is 2.25. The molecule has 0 amide bonds. The predicted molar refractivity (Wildman–Crippen MR) is 93.1 cm³/mol. The summed E-state index contributed by atoms with van der Waals surface area (Å²) in [6.45, 7) is 7.63. The molecule has 0 saturated heterocycles. The quantitative estimate of drug-likeness (QED) is 0.678. The second kappa shape index (κ2) is 7.38. The third kappa shape index (κ3) is 4.09. The normalized spacial score (nSPS) is 14.0. The fourth-order valence-electron chi connectivity index (χ4n) is 3.21. The molecule has 2 aromatic rings. The smallest absolute Gasteiger partial charge is 0.280 e. The van der Waals surface area contributed by atoms with E-state index in [0.717, 1.165) is 23.3 Å². The maximum Gasteiger partial charge on any atom is 0.280 e. The van der Waals surface area contributed by atoms with Gasteiger partial charge in [-0.15, -0.1) is 0 Å². The maximum atomic E-state index is 12.9. The Bertz CT molecular complexity index is 746. The summed E-state index contributed by atoms with van der Waals surface area (Å²) < 4.78 is 37.4. The van der Waals surface area contributed by atoms with Crippen LogP contribution in [0.1, 0.15) is 44.9 Å². The molecule has 0 radical (unpaired) electrons. The molecule has 0 bridgehead atoms. The molecule has 5 heteroatoms. The van der Waals surface area contributed by atoms with E-state index in [1.807, 2.05) is 18.2 Å². The molecule has 3 rings (SSSR count). The molecule has 134 valence electrons. The molecule has 1 aromatic heterocycles. The summed E-state index contributed by atoms with van der Waals surface area (Å²) in [5.74, 6) is 2.44. The molecule has 0 saturated carbocycles. The van der Waals surface area contributed by atoms with Crippen LogP contribution in [0.2, 0.25) is 0 Å². The molecule has 1 atom stereocenters. The van der Waals surface area contributed by atoms with Gasteiger partial charge in [-0.05, 0) is 42.0 Å². The highest BCUT2D eigenvalue weighted by Gasteiger charge is 2.21. The first-order chi connectivity index (χ1) is 11.9. The molecule has 0 spiro atoms. The molecular weight excluding hydrogens is 324 g/mol. The number of pyridine rings is 1. The van der Waals surface area contributed by atoms with Crippen LogP contribution in [0.15, 0.2) is 30.5 Å². The molecule has 3 nitrogen and oxygen atoms in total. The van der Waals surface area contributed by atoms with Gasteiger partial charge in [0.15, 0.2) is 0 Å². The second-order valence-electron chi connectivity index (χ2n) is 7.06. The molecule has 2 heterocycles. The Hall–Kier alpha value is -2.17. The van der Waals surface area contributed by atoms with Crippen molar-refractivity contribution < 1.29 is 18.3 Å². The lowest BCUT2D eigenvalue weighted by atomic mass is 9.97. The summed E-state index contributed by atoms with van der Waals surface area (Å²) >= 11 is 0. The fraction of sp³-hybridized carbons (Fsp3) is 0.450.